The highest BCUT2D eigenvalue weighted by atomic mass is 16.3. The molecule has 0 aliphatic carbocycles. The van der Waals surface area contributed by atoms with Gasteiger partial charge in [-0.2, -0.15) is 0 Å². The Labute approximate surface area is 112 Å². The van der Waals surface area contributed by atoms with Gasteiger partial charge in [-0.15, -0.1) is 0 Å². The minimum atomic E-state index is 0.350. The number of rotatable bonds is 0. The molecule has 3 rings (SSSR count). The molecule has 3 aromatic carbocycles. The van der Waals surface area contributed by atoms with Gasteiger partial charge in [-0.3, -0.25) is 0 Å². The van der Waals surface area contributed by atoms with E-state index >= 15 is 0 Å². The topological polar surface area (TPSA) is 72.3 Å². The first-order chi connectivity index (χ1) is 9.16. The maximum atomic E-state index is 9.37. The van der Waals surface area contributed by atoms with Crippen molar-refractivity contribution in [3.63, 3.8) is 0 Å². The third-order valence-electron chi connectivity index (χ3n) is 2.68. The molecule has 3 heteroatoms. The van der Waals surface area contributed by atoms with Crippen LogP contribution in [-0.2, 0) is 0 Å². The Balaban J connectivity index is 0.000000148. The maximum Gasteiger partial charge on any atom is 0.123 e. The summed E-state index contributed by atoms with van der Waals surface area (Å²) in [4.78, 5) is 0. The van der Waals surface area contributed by atoms with Crippen LogP contribution < -0.4 is 11.5 Å². The molecule has 19 heavy (non-hydrogen) atoms. The second-order valence-electron chi connectivity index (χ2n) is 4.17. The number of fused-ring (bicyclic) bond motifs is 1. The molecule has 0 atom stereocenters. The van der Waals surface area contributed by atoms with E-state index in [1.54, 1.807) is 24.3 Å². The van der Waals surface area contributed by atoms with Gasteiger partial charge in [0.25, 0.3) is 0 Å². The summed E-state index contributed by atoms with van der Waals surface area (Å²) in [7, 11) is 0. The Hall–Kier alpha value is -2.68. The maximum absolute atomic E-state index is 9.37. The predicted octanol–water partition coefficient (Wildman–Crippen LogP) is 3.40. The van der Waals surface area contributed by atoms with Crippen LogP contribution in [0.5, 0.6) is 5.75 Å². The minimum Gasteiger partial charge on any atom is -0.507 e. The van der Waals surface area contributed by atoms with E-state index in [1.807, 2.05) is 42.5 Å². The molecule has 3 aromatic rings. The van der Waals surface area contributed by atoms with Crippen LogP contribution in [0.25, 0.3) is 10.8 Å². The fourth-order valence-electron chi connectivity index (χ4n) is 1.77. The third kappa shape index (κ3) is 3.39. The van der Waals surface area contributed by atoms with E-state index in [2.05, 4.69) is 0 Å². The lowest BCUT2D eigenvalue weighted by atomic mass is 10.1. The van der Waals surface area contributed by atoms with Crippen molar-refractivity contribution in [1.29, 1.82) is 0 Å². The summed E-state index contributed by atoms with van der Waals surface area (Å²) < 4.78 is 0. The Kier molecular flexibility index (Phi) is 3.88. The third-order valence-corrected chi connectivity index (χ3v) is 2.68. The van der Waals surface area contributed by atoms with Crippen molar-refractivity contribution in [1.82, 2.24) is 0 Å². The molecular formula is C16H16N2O. The van der Waals surface area contributed by atoms with Gasteiger partial charge in [-0.05, 0) is 29.7 Å². The summed E-state index contributed by atoms with van der Waals surface area (Å²) in [6.45, 7) is 0. The molecule has 0 radical (unpaired) electrons. The van der Waals surface area contributed by atoms with Crippen molar-refractivity contribution in [2.24, 2.45) is 0 Å². The molecule has 0 spiro atoms. The number of nitrogens with two attached hydrogens (primary N) is 2. The molecule has 0 aliphatic heterocycles. The first-order valence-corrected chi connectivity index (χ1v) is 5.94. The first-order valence-electron chi connectivity index (χ1n) is 5.94. The second-order valence-corrected chi connectivity index (χ2v) is 4.17. The largest absolute Gasteiger partial charge is 0.507 e. The van der Waals surface area contributed by atoms with Crippen LogP contribution in [0, 0.1) is 0 Å². The molecule has 5 N–H and O–H groups in total. The van der Waals surface area contributed by atoms with Crippen molar-refractivity contribution < 1.29 is 5.11 Å². The monoisotopic (exact) mass is 252 g/mol. The second kappa shape index (κ2) is 5.78. The van der Waals surface area contributed by atoms with Gasteiger partial charge < -0.3 is 16.6 Å². The standard InChI is InChI=1S/C10H8O.C6H8N2/c11-10-7-3-5-8-4-1-2-6-9(8)10;7-5-2-1-3-6(8)4-5/h1-7,11H;1-4H,7-8H2. The summed E-state index contributed by atoms with van der Waals surface area (Å²) in [5.74, 6) is 0.350. The quantitative estimate of drug-likeness (QED) is 0.537. The zero-order valence-corrected chi connectivity index (χ0v) is 10.5. The highest BCUT2D eigenvalue weighted by Crippen LogP contribution is 2.22. The van der Waals surface area contributed by atoms with Crippen LogP contribution in [0.4, 0.5) is 11.4 Å². The lowest BCUT2D eigenvalue weighted by Crippen LogP contribution is -1.87. The number of hydrogen-bond acceptors (Lipinski definition) is 3. The van der Waals surface area contributed by atoms with Gasteiger partial charge >= 0.3 is 0 Å². The summed E-state index contributed by atoms with van der Waals surface area (Å²) in [6, 6.07) is 20.4. The molecule has 0 fully saturated rings. The van der Waals surface area contributed by atoms with Crippen molar-refractivity contribution in [2.45, 2.75) is 0 Å². The summed E-state index contributed by atoms with van der Waals surface area (Å²) >= 11 is 0. The zero-order chi connectivity index (χ0) is 13.7. The predicted molar refractivity (Wildman–Crippen MR) is 80.9 cm³/mol. The van der Waals surface area contributed by atoms with Gasteiger partial charge in [-0.1, -0.05) is 42.5 Å². The molecule has 96 valence electrons. The lowest BCUT2D eigenvalue weighted by Gasteiger charge is -1.97. The Morgan fingerprint density at radius 2 is 1.26 bits per heavy atom. The van der Waals surface area contributed by atoms with Gasteiger partial charge in [-0.25, -0.2) is 0 Å². The van der Waals surface area contributed by atoms with Crippen molar-refractivity contribution in [3.8, 4) is 5.75 Å². The molecule has 0 aliphatic rings. The molecule has 3 nitrogen and oxygen atoms in total. The lowest BCUT2D eigenvalue weighted by molar-refractivity contribution is 0.481. The van der Waals surface area contributed by atoms with Crippen molar-refractivity contribution >= 4 is 22.1 Å². The van der Waals surface area contributed by atoms with E-state index < -0.39 is 0 Å². The molecule has 0 saturated carbocycles. The van der Waals surface area contributed by atoms with Gasteiger partial charge in [0.1, 0.15) is 5.75 Å². The summed E-state index contributed by atoms with van der Waals surface area (Å²) in [5.41, 5.74) is 12.2. The van der Waals surface area contributed by atoms with Crippen LogP contribution in [0.3, 0.4) is 0 Å². The molecular weight excluding hydrogens is 236 g/mol. The minimum absolute atomic E-state index is 0.350. The normalized spacial score (nSPS) is 9.68. The van der Waals surface area contributed by atoms with E-state index in [9.17, 15) is 5.11 Å². The first kappa shape index (κ1) is 12.8. The highest BCUT2D eigenvalue weighted by molar-refractivity contribution is 5.87. The average molecular weight is 252 g/mol. The SMILES string of the molecule is Nc1cccc(N)c1.Oc1cccc2ccccc12. The molecule has 0 unspecified atom stereocenters. The van der Waals surface area contributed by atoms with Gasteiger partial charge in [0.15, 0.2) is 0 Å². The van der Waals surface area contributed by atoms with Gasteiger partial charge in [0, 0.05) is 16.8 Å². The summed E-state index contributed by atoms with van der Waals surface area (Å²) in [6.07, 6.45) is 0. The van der Waals surface area contributed by atoms with Crippen LogP contribution >= 0.6 is 0 Å². The van der Waals surface area contributed by atoms with E-state index in [-0.39, 0.29) is 0 Å². The number of nitrogen functional groups attached to an aromatic ring is 2. The Morgan fingerprint density at radius 3 is 1.84 bits per heavy atom. The number of hydrogen-bond donors (Lipinski definition) is 3. The average Bonchev–Trinajstić information content (AvgIpc) is 2.40. The van der Waals surface area contributed by atoms with E-state index in [0.717, 1.165) is 10.8 Å². The fraction of sp³-hybridized carbons (Fsp3) is 0. The number of aromatic hydroxyl groups is 1. The molecule has 0 aromatic heterocycles. The smallest absolute Gasteiger partial charge is 0.123 e. The van der Waals surface area contributed by atoms with Crippen LogP contribution in [-0.4, -0.2) is 5.11 Å². The van der Waals surface area contributed by atoms with Crippen LogP contribution in [0.15, 0.2) is 66.7 Å². The highest BCUT2D eigenvalue weighted by Gasteiger charge is 1.94. The zero-order valence-electron chi connectivity index (χ0n) is 10.5. The van der Waals surface area contributed by atoms with Crippen LogP contribution in [0.1, 0.15) is 0 Å². The van der Waals surface area contributed by atoms with E-state index in [4.69, 9.17) is 11.5 Å². The van der Waals surface area contributed by atoms with Gasteiger partial charge in [0.05, 0.1) is 0 Å². The molecule has 0 saturated heterocycles. The fourth-order valence-corrected chi connectivity index (χ4v) is 1.77. The molecule has 0 amide bonds. The Morgan fingerprint density at radius 1 is 0.684 bits per heavy atom. The number of benzene rings is 3. The number of phenolic OH excluding ortho intramolecular Hbond substituents is 1. The number of phenols is 1. The molecule has 0 heterocycles. The number of anilines is 2. The molecule has 0 bridgehead atoms. The van der Waals surface area contributed by atoms with Gasteiger partial charge in [0.2, 0.25) is 0 Å². The van der Waals surface area contributed by atoms with Crippen molar-refractivity contribution in [2.75, 3.05) is 11.5 Å². The summed E-state index contributed by atoms with van der Waals surface area (Å²) in [5, 5.41) is 11.4. The van der Waals surface area contributed by atoms with E-state index in [1.165, 1.54) is 0 Å². The van der Waals surface area contributed by atoms with Crippen molar-refractivity contribution in [3.05, 3.63) is 66.7 Å². The van der Waals surface area contributed by atoms with Crippen LogP contribution in [0.2, 0.25) is 0 Å². The Bertz CT molecular complexity index is 658. The van der Waals surface area contributed by atoms with E-state index in [0.29, 0.717) is 17.1 Å².